The summed E-state index contributed by atoms with van der Waals surface area (Å²) in [7, 11) is 0. The monoisotopic (exact) mass is 342 g/mol. The Morgan fingerprint density at radius 1 is 1.33 bits per heavy atom. The summed E-state index contributed by atoms with van der Waals surface area (Å²) in [5.41, 5.74) is -1.34. The molecule has 2 N–H and O–H groups in total. The van der Waals surface area contributed by atoms with Crippen molar-refractivity contribution in [2.24, 2.45) is 0 Å². The maximum absolute atomic E-state index is 11.9. The van der Waals surface area contributed by atoms with E-state index < -0.39 is 41.6 Å². The fourth-order valence-corrected chi connectivity index (χ4v) is 2.26. The number of hydrogen-bond acceptors (Lipinski definition) is 8. The Kier molecular flexibility index (Phi) is 5.52. The van der Waals surface area contributed by atoms with Gasteiger partial charge in [0.05, 0.1) is 11.7 Å². The summed E-state index contributed by atoms with van der Waals surface area (Å²) >= 11 is 0. The number of carbonyl (C=O) groups excluding carboxylic acids is 2. The molecular formula is C14H18N2O8. The first-order valence-electron chi connectivity index (χ1n) is 7.22. The first kappa shape index (κ1) is 17.9. The summed E-state index contributed by atoms with van der Waals surface area (Å²) in [4.78, 5) is 47.4. The van der Waals surface area contributed by atoms with E-state index in [0.29, 0.717) is 0 Å². The van der Waals surface area contributed by atoms with Crippen molar-refractivity contribution in [3.8, 4) is 0 Å². The number of aliphatic hydroxyl groups excluding tert-OH is 1. The molecule has 1 aliphatic rings. The normalized spacial score (nSPS) is 23.0. The molecule has 24 heavy (non-hydrogen) atoms. The third kappa shape index (κ3) is 4.30. The number of esters is 2. The van der Waals surface area contributed by atoms with E-state index >= 15 is 0 Å². The van der Waals surface area contributed by atoms with E-state index in [1.807, 2.05) is 0 Å². The highest BCUT2D eigenvalue weighted by atomic mass is 16.6. The Labute approximate surface area is 136 Å². The number of aromatic amines is 1. The molecule has 0 unspecified atom stereocenters. The molecule has 2 rings (SSSR count). The largest absolute Gasteiger partial charge is 0.463 e. The minimum atomic E-state index is -0.940. The van der Waals surface area contributed by atoms with Gasteiger partial charge in [0.1, 0.15) is 25.5 Å². The number of aliphatic hydroxyl groups is 1. The van der Waals surface area contributed by atoms with E-state index in [0.717, 1.165) is 4.57 Å². The topological polar surface area (TPSA) is 137 Å². The molecule has 0 bridgehead atoms. The summed E-state index contributed by atoms with van der Waals surface area (Å²) in [6.07, 6.45) is -1.28. The van der Waals surface area contributed by atoms with Gasteiger partial charge in [-0.1, -0.05) is 0 Å². The number of nitrogens with one attached hydrogen (secondary N) is 1. The zero-order valence-corrected chi connectivity index (χ0v) is 13.2. The van der Waals surface area contributed by atoms with Crippen LogP contribution in [-0.2, 0) is 30.4 Å². The Hall–Kier alpha value is -2.46. The number of H-pyrrole nitrogens is 1. The molecule has 0 spiro atoms. The second-order valence-corrected chi connectivity index (χ2v) is 5.34. The lowest BCUT2D eigenvalue weighted by Crippen LogP contribution is -2.34. The van der Waals surface area contributed by atoms with Crippen LogP contribution >= 0.6 is 0 Å². The fourth-order valence-electron chi connectivity index (χ4n) is 2.26. The summed E-state index contributed by atoms with van der Waals surface area (Å²) in [5, 5.41) is 9.95. The molecule has 3 atom stereocenters. The van der Waals surface area contributed by atoms with Crippen LogP contribution in [0.2, 0.25) is 0 Å². The van der Waals surface area contributed by atoms with Gasteiger partial charge in [-0.2, -0.15) is 0 Å². The Bertz CT molecular complexity index is 737. The first-order chi connectivity index (χ1) is 11.3. The van der Waals surface area contributed by atoms with Crippen molar-refractivity contribution in [3.05, 3.63) is 32.6 Å². The van der Waals surface area contributed by atoms with Gasteiger partial charge in [-0.25, -0.2) is 4.79 Å². The van der Waals surface area contributed by atoms with E-state index in [-0.39, 0.29) is 25.2 Å². The standard InChI is InChI=1S/C14H18N2O8/c1-7(17)22-5-9-4-16(14(21)15-13(9)20)12-3-10(19)11(24-12)6-23-8(2)18/h4,10-12,19H,3,5-6H2,1-2H3,(H,15,20,21)/t10-,11+,12+/m1/s1. The summed E-state index contributed by atoms with van der Waals surface area (Å²) in [6.45, 7) is 1.98. The maximum atomic E-state index is 11.9. The minimum absolute atomic E-state index is 0.0614. The lowest BCUT2D eigenvalue weighted by Gasteiger charge is -2.16. The zero-order valence-electron chi connectivity index (χ0n) is 13.2. The van der Waals surface area contributed by atoms with E-state index in [9.17, 15) is 24.3 Å². The molecule has 0 amide bonds. The van der Waals surface area contributed by atoms with E-state index in [2.05, 4.69) is 4.98 Å². The van der Waals surface area contributed by atoms with Crippen LogP contribution in [0, 0.1) is 0 Å². The Morgan fingerprint density at radius 3 is 2.62 bits per heavy atom. The number of carbonyl (C=O) groups is 2. The van der Waals surface area contributed by atoms with Crippen LogP contribution in [0.3, 0.4) is 0 Å². The van der Waals surface area contributed by atoms with Crippen LogP contribution in [0.1, 0.15) is 32.1 Å². The third-order valence-corrected chi connectivity index (χ3v) is 3.44. The predicted octanol–water partition coefficient (Wildman–Crippen LogP) is -1.19. The number of hydrogen-bond donors (Lipinski definition) is 2. The van der Waals surface area contributed by atoms with Crippen molar-refractivity contribution < 1.29 is 28.9 Å². The van der Waals surface area contributed by atoms with Crippen LogP contribution in [-0.4, -0.2) is 45.4 Å². The predicted molar refractivity (Wildman–Crippen MR) is 78.0 cm³/mol. The van der Waals surface area contributed by atoms with Gasteiger partial charge in [-0.05, 0) is 0 Å². The Balaban J connectivity index is 2.18. The summed E-state index contributed by atoms with van der Waals surface area (Å²) in [6, 6.07) is 0. The molecule has 0 aliphatic carbocycles. The highest BCUT2D eigenvalue weighted by Gasteiger charge is 2.36. The average molecular weight is 342 g/mol. The van der Waals surface area contributed by atoms with Crippen LogP contribution in [0.4, 0.5) is 0 Å². The second kappa shape index (κ2) is 7.41. The molecule has 1 aromatic rings. The number of aromatic nitrogens is 2. The van der Waals surface area contributed by atoms with Crippen LogP contribution < -0.4 is 11.2 Å². The van der Waals surface area contributed by atoms with E-state index in [4.69, 9.17) is 14.2 Å². The molecule has 0 radical (unpaired) electrons. The van der Waals surface area contributed by atoms with E-state index in [1.165, 1.54) is 20.0 Å². The van der Waals surface area contributed by atoms with E-state index in [1.54, 1.807) is 0 Å². The van der Waals surface area contributed by atoms with Crippen molar-refractivity contribution in [2.75, 3.05) is 6.61 Å². The van der Waals surface area contributed by atoms with Crippen molar-refractivity contribution >= 4 is 11.9 Å². The molecule has 1 aromatic heterocycles. The molecule has 2 heterocycles. The number of ether oxygens (including phenoxy) is 3. The molecule has 1 fully saturated rings. The fraction of sp³-hybridized carbons (Fsp3) is 0.571. The van der Waals surface area contributed by atoms with Crippen LogP contribution in [0.5, 0.6) is 0 Å². The van der Waals surface area contributed by atoms with Gasteiger partial charge in [-0.3, -0.25) is 23.9 Å². The molecule has 1 saturated heterocycles. The van der Waals surface area contributed by atoms with Gasteiger partial charge >= 0.3 is 17.6 Å². The van der Waals surface area contributed by atoms with Gasteiger partial charge in [0.15, 0.2) is 0 Å². The zero-order chi connectivity index (χ0) is 17.9. The molecular weight excluding hydrogens is 324 g/mol. The highest BCUT2D eigenvalue weighted by molar-refractivity contribution is 5.66. The van der Waals surface area contributed by atoms with Crippen LogP contribution in [0.25, 0.3) is 0 Å². The molecule has 132 valence electrons. The van der Waals surface area contributed by atoms with Crippen molar-refractivity contribution in [1.29, 1.82) is 0 Å². The molecule has 10 nitrogen and oxygen atoms in total. The van der Waals surface area contributed by atoms with Gasteiger partial charge in [-0.15, -0.1) is 0 Å². The minimum Gasteiger partial charge on any atom is -0.463 e. The molecule has 10 heteroatoms. The van der Waals surface area contributed by atoms with Gasteiger partial charge < -0.3 is 19.3 Å². The molecule has 0 saturated carbocycles. The Morgan fingerprint density at radius 2 is 2.00 bits per heavy atom. The van der Waals surface area contributed by atoms with Gasteiger partial charge in [0.25, 0.3) is 5.56 Å². The SMILES string of the molecule is CC(=O)OCc1cn([C@@H]2C[C@@H](O)[C@H](COC(C)=O)O2)c(=O)[nH]c1=O. The first-order valence-corrected chi connectivity index (χ1v) is 7.22. The summed E-state index contributed by atoms with van der Waals surface area (Å²) in [5.74, 6) is -1.08. The smallest absolute Gasteiger partial charge is 0.330 e. The van der Waals surface area contributed by atoms with Gasteiger partial charge in [0, 0.05) is 26.5 Å². The summed E-state index contributed by atoms with van der Waals surface area (Å²) < 4.78 is 16.2. The third-order valence-electron chi connectivity index (χ3n) is 3.44. The lowest BCUT2D eigenvalue weighted by atomic mass is 10.2. The van der Waals surface area contributed by atoms with Crippen molar-refractivity contribution in [2.45, 2.75) is 45.3 Å². The van der Waals surface area contributed by atoms with Gasteiger partial charge in [0.2, 0.25) is 0 Å². The number of rotatable bonds is 5. The van der Waals surface area contributed by atoms with Crippen LogP contribution in [0.15, 0.2) is 15.8 Å². The average Bonchev–Trinajstić information content (AvgIpc) is 2.85. The maximum Gasteiger partial charge on any atom is 0.330 e. The quantitative estimate of drug-likeness (QED) is 0.637. The molecule has 1 aliphatic heterocycles. The highest BCUT2D eigenvalue weighted by Crippen LogP contribution is 2.27. The van der Waals surface area contributed by atoms with Crippen molar-refractivity contribution in [1.82, 2.24) is 9.55 Å². The van der Waals surface area contributed by atoms with Crippen molar-refractivity contribution in [3.63, 3.8) is 0 Å². The molecule has 0 aromatic carbocycles. The lowest BCUT2D eigenvalue weighted by molar-refractivity contribution is -0.147. The second-order valence-electron chi connectivity index (χ2n) is 5.34. The number of nitrogens with zero attached hydrogens (tertiary/aromatic N) is 1.